The lowest BCUT2D eigenvalue weighted by Gasteiger charge is -2.04. The van der Waals surface area contributed by atoms with Crippen LogP contribution < -0.4 is 5.43 Å². The molecular weight excluding hydrogens is 394 g/mol. The Morgan fingerprint density at radius 3 is 2.63 bits per heavy atom. The Morgan fingerprint density at radius 2 is 1.96 bits per heavy atom. The monoisotopic (exact) mass is 406 g/mol. The van der Waals surface area contributed by atoms with E-state index in [0.717, 1.165) is 0 Å². The average Bonchev–Trinajstić information content (AvgIpc) is 2.91. The van der Waals surface area contributed by atoms with Crippen molar-refractivity contribution in [1.82, 2.24) is 9.78 Å². The Bertz CT molecular complexity index is 1030. The van der Waals surface area contributed by atoms with E-state index in [1.54, 1.807) is 25.1 Å². The summed E-state index contributed by atoms with van der Waals surface area (Å²) >= 11 is 12.2. The molecule has 2 N–H and O–H groups in total. The summed E-state index contributed by atoms with van der Waals surface area (Å²) in [5.41, 5.74) is 4.95. The number of hydrazone groups is 1. The molecule has 0 unspecified atom stereocenters. The third-order valence-electron chi connectivity index (χ3n) is 3.70. The molecule has 9 heteroatoms. The summed E-state index contributed by atoms with van der Waals surface area (Å²) < 4.78 is 14.6. The number of anilines is 1. The van der Waals surface area contributed by atoms with Gasteiger partial charge in [-0.25, -0.2) is 13.9 Å². The van der Waals surface area contributed by atoms with Gasteiger partial charge in [-0.05, 0) is 49.4 Å². The second-order valence-corrected chi connectivity index (χ2v) is 6.31. The van der Waals surface area contributed by atoms with Crippen molar-refractivity contribution in [2.24, 2.45) is 5.10 Å². The van der Waals surface area contributed by atoms with Crippen LogP contribution in [0.3, 0.4) is 0 Å². The SMILES string of the molecule is Cc1nn(-c2ccc(F)cc2)c(Cl)c1/C=N\Nc1ccc(Cl)c(C(=O)O)c1. The molecular formula is C18H13Cl2FN4O2. The molecule has 138 valence electrons. The minimum atomic E-state index is -1.13. The topological polar surface area (TPSA) is 79.5 Å². The third-order valence-corrected chi connectivity index (χ3v) is 4.40. The fraction of sp³-hybridized carbons (Fsp3) is 0.0556. The van der Waals surface area contributed by atoms with Crippen molar-refractivity contribution in [3.8, 4) is 5.69 Å². The first kappa shape index (κ1) is 18.9. The van der Waals surface area contributed by atoms with Gasteiger partial charge in [0.15, 0.2) is 0 Å². The maximum absolute atomic E-state index is 13.1. The molecule has 6 nitrogen and oxygen atoms in total. The number of aromatic nitrogens is 2. The van der Waals surface area contributed by atoms with Gasteiger partial charge in [0.05, 0.1) is 39.4 Å². The van der Waals surface area contributed by atoms with Crippen LogP contribution in [0.1, 0.15) is 21.6 Å². The number of rotatable bonds is 5. The predicted octanol–water partition coefficient (Wildman–Crippen LogP) is 4.77. The lowest BCUT2D eigenvalue weighted by molar-refractivity contribution is 0.0697. The van der Waals surface area contributed by atoms with Crippen molar-refractivity contribution in [2.75, 3.05) is 5.43 Å². The zero-order valence-electron chi connectivity index (χ0n) is 13.9. The molecule has 27 heavy (non-hydrogen) atoms. The molecule has 3 aromatic rings. The summed E-state index contributed by atoms with van der Waals surface area (Å²) in [5, 5.41) is 17.9. The molecule has 3 rings (SSSR count). The molecule has 1 heterocycles. The van der Waals surface area contributed by atoms with Gasteiger partial charge in [-0.2, -0.15) is 10.2 Å². The van der Waals surface area contributed by atoms with Crippen molar-refractivity contribution in [3.63, 3.8) is 0 Å². The second kappa shape index (κ2) is 7.77. The number of nitrogens with one attached hydrogen (secondary N) is 1. The fourth-order valence-corrected chi connectivity index (χ4v) is 2.86. The summed E-state index contributed by atoms with van der Waals surface area (Å²) in [6, 6.07) is 10.2. The largest absolute Gasteiger partial charge is 0.478 e. The van der Waals surface area contributed by atoms with E-state index in [0.29, 0.717) is 27.8 Å². The first-order chi connectivity index (χ1) is 12.9. The number of nitrogens with zero attached hydrogens (tertiary/aromatic N) is 3. The highest BCUT2D eigenvalue weighted by atomic mass is 35.5. The second-order valence-electron chi connectivity index (χ2n) is 5.55. The molecule has 0 fully saturated rings. The molecule has 0 atom stereocenters. The van der Waals surface area contributed by atoms with Crippen LogP contribution in [0.15, 0.2) is 47.6 Å². The fourth-order valence-electron chi connectivity index (χ4n) is 2.34. The lowest BCUT2D eigenvalue weighted by Crippen LogP contribution is -1.99. The highest BCUT2D eigenvalue weighted by molar-refractivity contribution is 6.33. The first-order valence-corrected chi connectivity index (χ1v) is 8.45. The number of carboxylic acid groups (broad SMARTS) is 1. The molecule has 0 aliphatic heterocycles. The van der Waals surface area contributed by atoms with E-state index in [4.69, 9.17) is 28.3 Å². The summed E-state index contributed by atoms with van der Waals surface area (Å²) in [6.07, 6.45) is 1.47. The summed E-state index contributed by atoms with van der Waals surface area (Å²) in [4.78, 5) is 11.1. The van der Waals surface area contributed by atoms with Crippen molar-refractivity contribution < 1.29 is 14.3 Å². The number of hydrogen-bond donors (Lipinski definition) is 2. The van der Waals surface area contributed by atoms with Gasteiger partial charge in [0.1, 0.15) is 11.0 Å². The third kappa shape index (κ3) is 4.10. The molecule has 0 aliphatic rings. The minimum Gasteiger partial charge on any atom is -0.478 e. The molecule has 0 bridgehead atoms. The van der Waals surface area contributed by atoms with Crippen LogP contribution in [-0.4, -0.2) is 27.1 Å². The van der Waals surface area contributed by atoms with Gasteiger partial charge >= 0.3 is 5.97 Å². The standard InChI is InChI=1S/C18H13Cl2FN4O2/c1-10-15(17(20)25(24-10)13-5-2-11(21)3-6-13)9-22-23-12-4-7-16(19)14(8-12)18(26)27/h2-9,23H,1H3,(H,26,27)/b22-9-. The van der Waals surface area contributed by atoms with Crippen molar-refractivity contribution in [3.05, 3.63) is 75.3 Å². The van der Waals surface area contributed by atoms with Gasteiger partial charge < -0.3 is 5.11 Å². The highest BCUT2D eigenvalue weighted by Crippen LogP contribution is 2.23. The quantitative estimate of drug-likeness (QED) is 0.472. The van der Waals surface area contributed by atoms with Crippen LogP contribution in [0.2, 0.25) is 10.2 Å². The summed E-state index contributed by atoms with van der Waals surface area (Å²) in [7, 11) is 0. The van der Waals surface area contributed by atoms with Gasteiger partial charge in [0, 0.05) is 0 Å². The van der Waals surface area contributed by atoms with Crippen LogP contribution in [0, 0.1) is 12.7 Å². The molecule has 0 saturated carbocycles. The number of aryl methyl sites for hydroxylation is 1. The maximum Gasteiger partial charge on any atom is 0.337 e. The van der Waals surface area contributed by atoms with Crippen molar-refractivity contribution in [2.45, 2.75) is 6.92 Å². The van der Waals surface area contributed by atoms with E-state index in [1.165, 1.54) is 35.2 Å². The Labute approximate surface area is 163 Å². The van der Waals surface area contributed by atoms with Crippen LogP contribution in [0.5, 0.6) is 0 Å². The van der Waals surface area contributed by atoms with Crippen molar-refractivity contribution in [1.29, 1.82) is 0 Å². The number of carboxylic acids is 1. The van der Waals surface area contributed by atoms with E-state index in [1.807, 2.05) is 0 Å². The van der Waals surface area contributed by atoms with E-state index in [-0.39, 0.29) is 16.4 Å². The van der Waals surface area contributed by atoms with Gasteiger partial charge in [0.25, 0.3) is 0 Å². The van der Waals surface area contributed by atoms with E-state index >= 15 is 0 Å². The Balaban J connectivity index is 1.83. The number of carbonyl (C=O) groups is 1. The smallest absolute Gasteiger partial charge is 0.337 e. The Morgan fingerprint density at radius 1 is 1.26 bits per heavy atom. The van der Waals surface area contributed by atoms with E-state index in [9.17, 15) is 9.18 Å². The minimum absolute atomic E-state index is 0.0322. The number of benzene rings is 2. The van der Waals surface area contributed by atoms with Gasteiger partial charge in [0.2, 0.25) is 0 Å². The summed E-state index contributed by atoms with van der Waals surface area (Å²) in [5.74, 6) is -1.49. The van der Waals surface area contributed by atoms with E-state index in [2.05, 4.69) is 15.6 Å². The maximum atomic E-state index is 13.1. The molecule has 2 aromatic carbocycles. The normalized spacial score (nSPS) is 11.1. The summed E-state index contributed by atoms with van der Waals surface area (Å²) in [6.45, 7) is 1.76. The van der Waals surface area contributed by atoms with Crippen LogP contribution in [-0.2, 0) is 0 Å². The lowest BCUT2D eigenvalue weighted by atomic mass is 10.2. The first-order valence-electron chi connectivity index (χ1n) is 7.70. The van der Waals surface area contributed by atoms with Crippen LogP contribution in [0.4, 0.5) is 10.1 Å². The highest BCUT2D eigenvalue weighted by Gasteiger charge is 2.13. The molecule has 1 aromatic heterocycles. The van der Waals surface area contributed by atoms with Crippen molar-refractivity contribution >= 4 is 41.1 Å². The molecule has 0 spiro atoms. The van der Waals surface area contributed by atoms with Gasteiger partial charge in [-0.15, -0.1) is 0 Å². The molecule has 0 saturated heterocycles. The zero-order valence-corrected chi connectivity index (χ0v) is 15.5. The number of halogens is 3. The number of hydrogen-bond acceptors (Lipinski definition) is 4. The van der Waals surface area contributed by atoms with Gasteiger partial charge in [-0.3, -0.25) is 5.43 Å². The Kier molecular flexibility index (Phi) is 5.43. The molecule has 0 radical (unpaired) electrons. The molecule has 0 amide bonds. The molecule has 0 aliphatic carbocycles. The van der Waals surface area contributed by atoms with Crippen LogP contribution in [0.25, 0.3) is 5.69 Å². The van der Waals surface area contributed by atoms with Crippen LogP contribution >= 0.6 is 23.2 Å². The zero-order chi connectivity index (χ0) is 19.6. The predicted molar refractivity (Wildman–Crippen MR) is 103 cm³/mol. The average molecular weight is 407 g/mol. The number of aromatic carboxylic acids is 1. The van der Waals surface area contributed by atoms with E-state index < -0.39 is 5.97 Å². The Hall–Kier alpha value is -2.90. The van der Waals surface area contributed by atoms with Gasteiger partial charge in [-0.1, -0.05) is 23.2 Å².